The molecule has 19 heavy (non-hydrogen) atoms. The van der Waals surface area contributed by atoms with Crippen molar-refractivity contribution in [3.8, 4) is 0 Å². The highest BCUT2D eigenvalue weighted by molar-refractivity contribution is 9.10. The molecule has 6 heteroatoms. The predicted octanol–water partition coefficient (Wildman–Crippen LogP) is 3.56. The van der Waals surface area contributed by atoms with Crippen molar-refractivity contribution in [2.75, 3.05) is 11.1 Å². The average molecular weight is 327 g/mol. The number of nitrogens with two attached hydrogens (primary N) is 1. The molecular formula is C13H9BrF2N2O. The van der Waals surface area contributed by atoms with Crippen LogP contribution in [-0.4, -0.2) is 5.91 Å². The summed E-state index contributed by atoms with van der Waals surface area (Å²) in [6.07, 6.45) is 0. The monoisotopic (exact) mass is 326 g/mol. The largest absolute Gasteiger partial charge is 0.396 e. The quantitative estimate of drug-likeness (QED) is 0.829. The number of carbonyl (C=O) groups is 1. The first-order chi connectivity index (χ1) is 8.97. The van der Waals surface area contributed by atoms with E-state index in [0.29, 0.717) is 5.69 Å². The Morgan fingerprint density at radius 1 is 1.11 bits per heavy atom. The molecule has 0 aliphatic rings. The average Bonchev–Trinajstić information content (AvgIpc) is 2.37. The number of rotatable bonds is 2. The number of nitrogen functional groups attached to an aromatic ring is 1. The maximum atomic E-state index is 13.0. The molecule has 0 saturated carbocycles. The van der Waals surface area contributed by atoms with Crippen LogP contribution in [0.5, 0.6) is 0 Å². The fourth-order valence-corrected chi connectivity index (χ4v) is 1.84. The van der Waals surface area contributed by atoms with E-state index in [1.807, 2.05) is 0 Å². The van der Waals surface area contributed by atoms with Crippen molar-refractivity contribution in [2.24, 2.45) is 0 Å². The molecule has 3 nitrogen and oxygen atoms in total. The van der Waals surface area contributed by atoms with Gasteiger partial charge in [-0.25, -0.2) is 8.78 Å². The van der Waals surface area contributed by atoms with Gasteiger partial charge in [-0.3, -0.25) is 4.79 Å². The van der Waals surface area contributed by atoms with Gasteiger partial charge in [-0.05, 0) is 52.3 Å². The molecule has 1 amide bonds. The number of anilines is 2. The van der Waals surface area contributed by atoms with E-state index in [9.17, 15) is 13.6 Å². The molecule has 3 N–H and O–H groups in total. The van der Waals surface area contributed by atoms with E-state index in [0.717, 1.165) is 6.07 Å². The Balaban J connectivity index is 2.20. The van der Waals surface area contributed by atoms with Gasteiger partial charge in [0.1, 0.15) is 11.6 Å². The molecule has 0 aliphatic heterocycles. The van der Waals surface area contributed by atoms with Crippen LogP contribution in [0.4, 0.5) is 20.2 Å². The molecule has 2 rings (SSSR count). The molecule has 2 aromatic rings. The Bertz CT molecular complexity index is 647. The fourth-order valence-electron chi connectivity index (χ4n) is 1.46. The van der Waals surface area contributed by atoms with Gasteiger partial charge in [0.25, 0.3) is 5.91 Å². The normalized spacial score (nSPS) is 10.3. The summed E-state index contributed by atoms with van der Waals surface area (Å²) in [5.74, 6) is -1.46. The van der Waals surface area contributed by atoms with Crippen LogP contribution in [0.15, 0.2) is 40.9 Å². The highest BCUT2D eigenvalue weighted by Crippen LogP contribution is 2.21. The van der Waals surface area contributed by atoms with Crippen LogP contribution in [0.3, 0.4) is 0 Å². The Kier molecular flexibility index (Phi) is 3.80. The van der Waals surface area contributed by atoms with Gasteiger partial charge in [-0.15, -0.1) is 0 Å². The summed E-state index contributed by atoms with van der Waals surface area (Å²) < 4.78 is 26.3. The Labute approximate surface area is 116 Å². The zero-order valence-corrected chi connectivity index (χ0v) is 11.2. The number of hydrogen-bond donors (Lipinski definition) is 2. The fraction of sp³-hybridized carbons (Fsp3) is 0. The zero-order chi connectivity index (χ0) is 14.0. The molecule has 0 heterocycles. The lowest BCUT2D eigenvalue weighted by atomic mass is 10.2. The topological polar surface area (TPSA) is 55.1 Å². The van der Waals surface area contributed by atoms with Crippen LogP contribution in [0.1, 0.15) is 10.4 Å². The maximum absolute atomic E-state index is 13.0. The second-order valence-electron chi connectivity index (χ2n) is 3.82. The third-order valence-electron chi connectivity index (χ3n) is 2.44. The van der Waals surface area contributed by atoms with Crippen LogP contribution in [0, 0.1) is 11.6 Å². The number of carbonyl (C=O) groups excluding carboxylic acids is 1. The summed E-state index contributed by atoms with van der Waals surface area (Å²) in [5, 5.41) is 2.56. The van der Waals surface area contributed by atoms with E-state index < -0.39 is 17.5 Å². The summed E-state index contributed by atoms with van der Waals surface area (Å²) >= 11 is 3.02. The molecule has 0 bridgehead atoms. The van der Waals surface area contributed by atoms with E-state index in [1.54, 1.807) is 0 Å². The second kappa shape index (κ2) is 5.36. The number of hydrogen-bond acceptors (Lipinski definition) is 2. The summed E-state index contributed by atoms with van der Waals surface area (Å²) in [4.78, 5) is 11.9. The van der Waals surface area contributed by atoms with Crippen molar-refractivity contribution in [3.05, 3.63) is 58.1 Å². The lowest BCUT2D eigenvalue weighted by molar-refractivity contribution is 0.102. The second-order valence-corrected chi connectivity index (χ2v) is 4.67. The van der Waals surface area contributed by atoms with Crippen LogP contribution >= 0.6 is 15.9 Å². The van der Waals surface area contributed by atoms with Crippen molar-refractivity contribution in [1.82, 2.24) is 0 Å². The molecular weight excluding hydrogens is 318 g/mol. The molecule has 0 spiro atoms. The third-order valence-corrected chi connectivity index (χ3v) is 3.04. The number of nitrogens with one attached hydrogen (secondary N) is 1. The molecule has 0 atom stereocenters. The van der Waals surface area contributed by atoms with Gasteiger partial charge in [0.2, 0.25) is 0 Å². The van der Waals surface area contributed by atoms with Crippen molar-refractivity contribution in [3.63, 3.8) is 0 Å². The molecule has 2 aromatic carbocycles. The summed E-state index contributed by atoms with van der Waals surface area (Å²) in [6.45, 7) is 0. The van der Waals surface area contributed by atoms with Crippen molar-refractivity contribution < 1.29 is 13.6 Å². The Morgan fingerprint density at radius 2 is 1.79 bits per heavy atom. The van der Waals surface area contributed by atoms with Gasteiger partial charge in [-0.1, -0.05) is 0 Å². The van der Waals surface area contributed by atoms with Crippen LogP contribution in [0.2, 0.25) is 0 Å². The minimum absolute atomic E-state index is 0.104. The maximum Gasteiger partial charge on any atom is 0.255 e. The minimum Gasteiger partial charge on any atom is -0.396 e. The van der Waals surface area contributed by atoms with E-state index in [1.165, 1.54) is 30.3 Å². The smallest absolute Gasteiger partial charge is 0.255 e. The van der Waals surface area contributed by atoms with E-state index in [-0.39, 0.29) is 15.7 Å². The molecule has 0 saturated heterocycles. The molecule has 98 valence electrons. The Morgan fingerprint density at radius 3 is 2.42 bits per heavy atom. The highest BCUT2D eigenvalue weighted by atomic mass is 79.9. The molecule has 0 aromatic heterocycles. The van der Waals surface area contributed by atoms with Gasteiger partial charge >= 0.3 is 0 Å². The van der Waals surface area contributed by atoms with Gasteiger partial charge in [0.15, 0.2) is 0 Å². The van der Waals surface area contributed by atoms with Gasteiger partial charge < -0.3 is 11.1 Å². The van der Waals surface area contributed by atoms with Gasteiger partial charge in [-0.2, -0.15) is 0 Å². The van der Waals surface area contributed by atoms with E-state index >= 15 is 0 Å². The lowest BCUT2D eigenvalue weighted by Gasteiger charge is -2.07. The molecule has 0 aliphatic carbocycles. The van der Waals surface area contributed by atoms with Crippen molar-refractivity contribution in [2.45, 2.75) is 0 Å². The first-order valence-electron chi connectivity index (χ1n) is 5.29. The number of benzene rings is 2. The van der Waals surface area contributed by atoms with E-state index in [4.69, 9.17) is 5.73 Å². The number of halogens is 3. The minimum atomic E-state index is -0.582. The molecule has 0 radical (unpaired) electrons. The highest BCUT2D eigenvalue weighted by Gasteiger charge is 2.09. The van der Waals surface area contributed by atoms with Crippen molar-refractivity contribution >= 4 is 33.2 Å². The molecule has 0 fully saturated rings. The SMILES string of the molecule is Nc1cc(C(=O)Nc2ccc(F)c(Br)c2)ccc1F. The summed E-state index contributed by atoms with van der Waals surface area (Å²) in [6, 6.07) is 7.75. The first-order valence-corrected chi connectivity index (χ1v) is 6.08. The summed E-state index contributed by atoms with van der Waals surface area (Å²) in [7, 11) is 0. The van der Waals surface area contributed by atoms with Crippen molar-refractivity contribution in [1.29, 1.82) is 0 Å². The van der Waals surface area contributed by atoms with Gasteiger partial charge in [0.05, 0.1) is 10.2 Å². The lowest BCUT2D eigenvalue weighted by Crippen LogP contribution is -2.12. The Hall–Kier alpha value is -1.95. The van der Waals surface area contributed by atoms with Crippen LogP contribution in [0.25, 0.3) is 0 Å². The standard InChI is InChI=1S/C13H9BrF2N2O/c14-9-6-8(2-4-10(9)15)18-13(19)7-1-3-11(16)12(17)5-7/h1-6H,17H2,(H,18,19). The first kappa shape index (κ1) is 13.5. The van der Waals surface area contributed by atoms with E-state index in [2.05, 4.69) is 21.2 Å². The van der Waals surface area contributed by atoms with Gasteiger partial charge in [0, 0.05) is 11.3 Å². The predicted molar refractivity (Wildman–Crippen MR) is 72.9 cm³/mol. The number of amides is 1. The zero-order valence-electron chi connectivity index (χ0n) is 9.58. The van der Waals surface area contributed by atoms with Crippen LogP contribution in [-0.2, 0) is 0 Å². The van der Waals surface area contributed by atoms with Crippen LogP contribution < -0.4 is 11.1 Å². The third kappa shape index (κ3) is 3.08. The summed E-state index contributed by atoms with van der Waals surface area (Å²) in [5.41, 5.74) is 5.92. The molecule has 0 unspecified atom stereocenters.